The van der Waals surface area contributed by atoms with Crippen LogP contribution in [-0.2, 0) is 4.79 Å². The number of rotatable bonds is 3. The van der Waals surface area contributed by atoms with Crippen molar-refractivity contribution >= 4 is 23.1 Å². The van der Waals surface area contributed by atoms with Crippen molar-refractivity contribution in [3.05, 3.63) is 45.1 Å². The van der Waals surface area contributed by atoms with Gasteiger partial charge in [0.25, 0.3) is 0 Å². The van der Waals surface area contributed by atoms with Crippen molar-refractivity contribution in [2.45, 2.75) is 13.3 Å². The molecule has 1 saturated heterocycles. The Kier molecular flexibility index (Phi) is 4.19. The van der Waals surface area contributed by atoms with Crippen LogP contribution in [0.4, 0.5) is 5.69 Å². The molecular weight excluding hydrogens is 284 g/mol. The molecule has 1 aliphatic heterocycles. The van der Waals surface area contributed by atoms with Gasteiger partial charge in [0.1, 0.15) is 5.15 Å². The molecule has 1 fully saturated rings. The minimum atomic E-state index is -0.660. The number of carbonyl (C=O) groups is 1. The van der Waals surface area contributed by atoms with Gasteiger partial charge in [0.15, 0.2) is 5.82 Å². The predicted octanol–water partition coefficient (Wildman–Crippen LogP) is 1.57. The lowest BCUT2D eigenvalue weighted by atomic mass is 10.2. The summed E-state index contributed by atoms with van der Waals surface area (Å²) in [5.41, 5.74) is 0.205. The fraction of sp³-hybridized carbons (Fsp3) is 0.333. The molecule has 0 spiro atoms. The first-order valence-corrected chi connectivity index (χ1v) is 6.41. The zero-order valence-electron chi connectivity index (χ0n) is 10.8. The molecule has 0 unspecified atom stereocenters. The van der Waals surface area contributed by atoms with Gasteiger partial charge >= 0.3 is 5.70 Å². The van der Waals surface area contributed by atoms with Crippen LogP contribution in [0.3, 0.4) is 0 Å². The number of allylic oxidation sites excluding steroid dienone is 1. The number of hydrogen-bond donors (Lipinski definition) is 1. The van der Waals surface area contributed by atoms with Crippen molar-refractivity contribution in [3.8, 4) is 0 Å². The zero-order chi connectivity index (χ0) is 14.7. The van der Waals surface area contributed by atoms with Gasteiger partial charge in [0, 0.05) is 20.0 Å². The second-order valence-corrected chi connectivity index (χ2v) is 4.67. The summed E-state index contributed by atoms with van der Waals surface area (Å²) in [7, 11) is 0. The molecule has 8 heteroatoms. The molecule has 2 heterocycles. The fourth-order valence-corrected chi connectivity index (χ4v) is 2.14. The molecule has 1 aromatic heterocycles. The van der Waals surface area contributed by atoms with Crippen LogP contribution < -0.4 is 10.2 Å². The summed E-state index contributed by atoms with van der Waals surface area (Å²) in [4.78, 5) is 27.6. The van der Waals surface area contributed by atoms with E-state index in [1.807, 2.05) is 0 Å². The van der Waals surface area contributed by atoms with Crippen LogP contribution in [0, 0.1) is 10.1 Å². The Morgan fingerprint density at radius 1 is 1.55 bits per heavy atom. The van der Waals surface area contributed by atoms with Crippen molar-refractivity contribution in [3.63, 3.8) is 0 Å². The second-order valence-electron chi connectivity index (χ2n) is 4.28. The van der Waals surface area contributed by atoms with Crippen molar-refractivity contribution < 1.29 is 9.72 Å². The van der Waals surface area contributed by atoms with Gasteiger partial charge in [-0.05, 0) is 18.6 Å². The summed E-state index contributed by atoms with van der Waals surface area (Å²) in [6, 6.07) is 3.31. The number of carbonyl (C=O) groups excluding carboxylic acids is 1. The Hall–Kier alpha value is -2.15. The van der Waals surface area contributed by atoms with Gasteiger partial charge in [0.2, 0.25) is 5.78 Å². The molecule has 1 N–H and O–H groups in total. The third-order valence-corrected chi connectivity index (χ3v) is 3.11. The van der Waals surface area contributed by atoms with Crippen LogP contribution in [0.15, 0.2) is 29.8 Å². The summed E-state index contributed by atoms with van der Waals surface area (Å²) in [5, 5.41) is 14.4. The van der Waals surface area contributed by atoms with Crippen molar-refractivity contribution in [1.29, 1.82) is 0 Å². The number of ketones is 1. The third kappa shape index (κ3) is 2.88. The molecule has 0 atom stereocenters. The Morgan fingerprint density at radius 3 is 2.85 bits per heavy atom. The molecule has 0 saturated carbocycles. The SMILES string of the molecule is CC(=O)/C(=C1/NCCCN1c1ccc(Cl)nc1)[N+](=O)[O-]. The summed E-state index contributed by atoms with van der Waals surface area (Å²) in [6.45, 7) is 2.33. The first kappa shape index (κ1) is 14.3. The summed E-state index contributed by atoms with van der Waals surface area (Å²) in [6.07, 6.45) is 2.32. The molecule has 0 radical (unpaired) electrons. The van der Waals surface area contributed by atoms with E-state index in [1.54, 1.807) is 17.0 Å². The summed E-state index contributed by atoms with van der Waals surface area (Å²) >= 11 is 5.73. The Morgan fingerprint density at radius 2 is 2.30 bits per heavy atom. The normalized spacial score (nSPS) is 17.4. The van der Waals surface area contributed by atoms with Crippen LogP contribution in [0.25, 0.3) is 0 Å². The smallest absolute Gasteiger partial charge is 0.351 e. The van der Waals surface area contributed by atoms with Crippen molar-refractivity contribution in [2.75, 3.05) is 18.0 Å². The van der Waals surface area contributed by atoms with Crippen molar-refractivity contribution in [1.82, 2.24) is 10.3 Å². The minimum Gasteiger partial charge on any atom is -0.366 e. The molecule has 0 aliphatic carbocycles. The van der Waals surface area contributed by atoms with Gasteiger partial charge in [-0.2, -0.15) is 0 Å². The van der Waals surface area contributed by atoms with E-state index in [4.69, 9.17) is 11.6 Å². The van der Waals surface area contributed by atoms with E-state index < -0.39 is 16.4 Å². The molecule has 7 nitrogen and oxygen atoms in total. The number of nitrogens with zero attached hydrogens (tertiary/aromatic N) is 3. The lowest BCUT2D eigenvalue weighted by Crippen LogP contribution is -2.42. The van der Waals surface area contributed by atoms with E-state index >= 15 is 0 Å². The Bertz CT molecular complexity index is 555. The van der Waals surface area contributed by atoms with Gasteiger partial charge in [-0.1, -0.05) is 11.6 Å². The van der Waals surface area contributed by atoms with Crippen LogP contribution in [-0.4, -0.2) is 28.8 Å². The second kappa shape index (κ2) is 5.87. The van der Waals surface area contributed by atoms with Gasteiger partial charge < -0.3 is 10.2 Å². The molecule has 2 rings (SSSR count). The van der Waals surface area contributed by atoms with Crippen LogP contribution >= 0.6 is 11.6 Å². The lowest BCUT2D eigenvalue weighted by molar-refractivity contribution is -0.420. The lowest BCUT2D eigenvalue weighted by Gasteiger charge is -2.31. The highest BCUT2D eigenvalue weighted by molar-refractivity contribution is 6.29. The van der Waals surface area contributed by atoms with E-state index in [-0.39, 0.29) is 5.82 Å². The maximum Gasteiger partial charge on any atom is 0.351 e. The zero-order valence-corrected chi connectivity index (χ0v) is 11.6. The van der Waals surface area contributed by atoms with Crippen molar-refractivity contribution in [2.24, 2.45) is 0 Å². The monoisotopic (exact) mass is 296 g/mol. The largest absolute Gasteiger partial charge is 0.366 e. The van der Waals surface area contributed by atoms with E-state index in [0.29, 0.717) is 23.9 Å². The van der Waals surface area contributed by atoms with Gasteiger partial charge in [-0.25, -0.2) is 4.98 Å². The highest BCUT2D eigenvalue weighted by Crippen LogP contribution is 2.23. The average molecular weight is 297 g/mol. The van der Waals surface area contributed by atoms with Gasteiger partial charge in [-0.3, -0.25) is 14.9 Å². The number of halogens is 1. The number of nitrogens with one attached hydrogen (secondary N) is 1. The summed E-state index contributed by atoms with van der Waals surface area (Å²) in [5.74, 6) is -0.385. The Balaban J connectivity index is 2.48. The predicted molar refractivity (Wildman–Crippen MR) is 73.9 cm³/mol. The number of pyridine rings is 1. The molecule has 106 valence electrons. The Labute approximate surface area is 120 Å². The number of anilines is 1. The maximum absolute atomic E-state index is 11.5. The molecule has 0 amide bonds. The highest BCUT2D eigenvalue weighted by atomic mass is 35.5. The van der Waals surface area contributed by atoms with E-state index in [1.165, 1.54) is 13.1 Å². The molecule has 0 bridgehead atoms. The number of aromatic nitrogens is 1. The molecule has 1 aromatic rings. The quantitative estimate of drug-likeness (QED) is 0.394. The minimum absolute atomic E-state index is 0.206. The first-order valence-electron chi connectivity index (χ1n) is 6.03. The molecule has 0 aromatic carbocycles. The third-order valence-electron chi connectivity index (χ3n) is 2.88. The summed E-state index contributed by atoms with van der Waals surface area (Å²) < 4.78 is 0. The standard InChI is InChI=1S/C12H13ClN4O3/c1-8(18)11(17(19)20)12-14-5-2-6-16(12)9-3-4-10(13)15-7-9/h3-4,7,14H,2,5-6H2,1H3/b12-11+. The van der Waals surface area contributed by atoms with Crippen LogP contribution in [0.1, 0.15) is 13.3 Å². The van der Waals surface area contributed by atoms with Crippen LogP contribution in [0.5, 0.6) is 0 Å². The van der Waals surface area contributed by atoms with Gasteiger partial charge in [-0.15, -0.1) is 0 Å². The topological polar surface area (TPSA) is 88.4 Å². The van der Waals surface area contributed by atoms with E-state index in [2.05, 4.69) is 10.3 Å². The molecular formula is C12H13ClN4O3. The van der Waals surface area contributed by atoms with Crippen LogP contribution in [0.2, 0.25) is 5.15 Å². The first-order chi connectivity index (χ1) is 9.50. The van der Waals surface area contributed by atoms with E-state index in [0.717, 1.165) is 6.42 Å². The molecule has 20 heavy (non-hydrogen) atoms. The number of Topliss-reactive ketones (excluding diaryl/α,β-unsaturated/α-hetero) is 1. The fourth-order valence-electron chi connectivity index (χ4n) is 2.03. The number of nitro groups is 1. The average Bonchev–Trinajstić information content (AvgIpc) is 2.39. The number of hydrogen-bond acceptors (Lipinski definition) is 6. The highest BCUT2D eigenvalue weighted by Gasteiger charge is 2.30. The maximum atomic E-state index is 11.5. The molecule has 1 aliphatic rings. The van der Waals surface area contributed by atoms with E-state index in [9.17, 15) is 14.9 Å². The van der Waals surface area contributed by atoms with Gasteiger partial charge in [0.05, 0.1) is 16.8 Å².